The maximum Gasteiger partial charge on any atom is 0.422 e. The van der Waals surface area contributed by atoms with Crippen LogP contribution >= 0.6 is 0 Å². The molecule has 0 spiro atoms. The summed E-state index contributed by atoms with van der Waals surface area (Å²) in [5, 5.41) is 7.26. The average molecular weight is 204 g/mol. The number of carbonyl (C=O) groups is 1. The van der Waals surface area contributed by atoms with E-state index in [2.05, 4.69) is 14.9 Å². The van der Waals surface area contributed by atoms with Crippen LogP contribution in [0.5, 0.6) is 6.08 Å². The fourth-order valence-corrected chi connectivity index (χ4v) is 1.17. The van der Waals surface area contributed by atoms with Gasteiger partial charge in [-0.1, -0.05) is 35.4 Å². The van der Waals surface area contributed by atoms with Crippen molar-refractivity contribution in [3.63, 3.8) is 0 Å². The van der Waals surface area contributed by atoms with E-state index < -0.39 is 0 Å². The number of nitrogens with zero attached hydrogens (tertiary/aromatic N) is 2. The number of rotatable bonds is 4. The summed E-state index contributed by atoms with van der Waals surface area (Å²) in [4.78, 5) is 9.99. The van der Waals surface area contributed by atoms with Crippen LogP contribution < -0.4 is 4.74 Å². The molecule has 5 heteroatoms. The quantitative estimate of drug-likeness (QED) is 0.700. The Labute approximate surface area is 85.7 Å². The van der Waals surface area contributed by atoms with Crippen molar-refractivity contribution in [2.75, 3.05) is 0 Å². The van der Waals surface area contributed by atoms with Crippen molar-refractivity contribution in [3.8, 4) is 6.08 Å². The van der Waals surface area contributed by atoms with Crippen LogP contribution in [-0.2, 0) is 11.2 Å². The minimum atomic E-state index is -0.129. The first-order chi connectivity index (χ1) is 7.38. The second-order valence-corrected chi connectivity index (χ2v) is 2.84. The van der Waals surface area contributed by atoms with Crippen LogP contribution in [0.4, 0.5) is 0 Å². The molecule has 0 amide bonds. The van der Waals surface area contributed by atoms with Crippen molar-refractivity contribution < 1.29 is 13.9 Å². The molecule has 0 saturated carbocycles. The first-order valence-electron chi connectivity index (χ1n) is 4.35. The van der Waals surface area contributed by atoms with Crippen molar-refractivity contribution in [1.82, 2.24) is 10.2 Å². The summed E-state index contributed by atoms with van der Waals surface area (Å²) in [5.41, 5.74) is 1.05. The predicted molar refractivity (Wildman–Crippen MR) is 50.2 cm³/mol. The van der Waals surface area contributed by atoms with Crippen LogP contribution in [0.15, 0.2) is 34.7 Å². The van der Waals surface area contributed by atoms with Crippen LogP contribution in [0.2, 0.25) is 0 Å². The minimum absolute atomic E-state index is 0.129. The lowest BCUT2D eigenvalue weighted by molar-refractivity contribution is -0.122. The monoisotopic (exact) mass is 204 g/mol. The second-order valence-electron chi connectivity index (χ2n) is 2.84. The number of hydrogen-bond acceptors (Lipinski definition) is 5. The summed E-state index contributed by atoms with van der Waals surface area (Å²) < 4.78 is 9.46. The van der Waals surface area contributed by atoms with E-state index in [0.717, 1.165) is 5.56 Å². The molecule has 1 aromatic carbocycles. The molecule has 0 aliphatic carbocycles. The third-order valence-corrected chi connectivity index (χ3v) is 1.80. The number of benzene rings is 1. The molecular weight excluding hydrogens is 196 g/mol. The van der Waals surface area contributed by atoms with Crippen molar-refractivity contribution in [2.45, 2.75) is 6.42 Å². The van der Waals surface area contributed by atoms with Gasteiger partial charge in [0, 0.05) is 0 Å². The Morgan fingerprint density at radius 1 is 1.27 bits per heavy atom. The minimum Gasteiger partial charge on any atom is -0.393 e. The summed E-state index contributed by atoms with van der Waals surface area (Å²) in [6.07, 6.45) is 0.395. The number of carbonyl (C=O) groups excluding carboxylic acids is 1. The van der Waals surface area contributed by atoms with Gasteiger partial charge in [0.1, 0.15) is 0 Å². The highest BCUT2D eigenvalue weighted by Gasteiger charge is 2.06. The van der Waals surface area contributed by atoms with E-state index in [1.807, 2.05) is 30.3 Å². The molecule has 2 rings (SSSR count). The topological polar surface area (TPSA) is 65.2 Å². The highest BCUT2D eigenvalue weighted by atomic mass is 16.6. The first kappa shape index (κ1) is 9.39. The van der Waals surface area contributed by atoms with E-state index in [-0.39, 0.29) is 12.5 Å². The van der Waals surface area contributed by atoms with Crippen molar-refractivity contribution >= 4 is 6.47 Å². The van der Waals surface area contributed by atoms with Gasteiger partial charge < -0.3 is 9.15 Å². The van der Waals surface area contributed by atoms with Crippen molar-refractivity contribution in [1.29, 1.82) is 0 Å². The molecule has 76 valence electrons. The molecule has 0 aliphatic rings. The van der Waals surface area contributed by atoms with Gasteiger partial charge in [-0.3, -0.25) is 4.79 Å². The van der Waals surface area contributed by atoms with Gasteiger partial charge in [0.05, 0.1) is 6.42 Å². The Balaban J connectivity index is 2.08. The Morgan fingerprint density at radius 2 is 2.07 bits per heavy atom. The van der Waals surface area contributed by atoms with Gasteiger partial charge in [0.25, 0.3) is 0 Å². The summed E-state index contributed by atoms with van der Waals surface area (Å²) in [6.45, 7) is 0.250. The molecule has 0 bridgehead atoms. The molecule has 0 atom stereocenters. The lowest BCUT2D eigenvalue weighted by Crippen LogP contribution is -1.87. The molecule has 0 saturated heterocycles. The molecular formula is C10H8N2O3. The van der Waals surface area contributed by atoms with Crippen LogP contribution in [0, 0.1) is 0 Å². The number of hydrogen-bond donors (Lipinski definition) is 0. The van der Waals surface area contributed by atoms with Gasteiger partial charge >= 0.3 is 12.5 Å². The van der Waals surface area contributed by atoms with Crippen LogP contribution in [0.3, 0.4) is 0 Å². The van der Waals surface area contributed by atoms with Gasteiger partial charge in [0.15, 0.2) is 0 Å². The lowest BCUT2D eigenvalue weighted by Gasteiger charge is -1.94. The summed E-state index contributed by atoms with van der Waals surface area (Å²) in [5.74, 6) is 0.415. The van der Waals surface area contributed by atoms with Gasteiger partial charge in [-0.15, -0.1) is 5.10 Å². The molecule has 2 aromatic rings. The van der Waals surface area contributed by atoms with E-state index in [4.69, 9.17) is 4.42 Å². The maximum atomic E-state index is 9.99. The van der Waals surface area contributed by atoms with Crippen molar-refractivity contribution in [3.05, 3.63) is 41.8 Å². The third kappa shape index (κ3) is 2.40. The molecule has 0 aliphatic heterocycles. The maximum absolute atomic E-state index is 9.99. The van der Waals surface area contributed by atoms with Crippen LogP contribution in [-0.4, -0.2) is 16.7 Å². The fourth-order valence-electron chi connectivity index (χ4n) is 1.17. The zero-order valence-corrected chi connectivity index (χ0v) is 7.79. The standard InChI is InChI=1S/C10H8N2O3/c13-7-14-10-12-11-9(15-10)6-8-4-2-1-3-5-8/h1-5,7H,6H2. The Bertz CT molecular complexity index is 439. The molecule has 0 radical (unpaired) electrons. The second kappa shape index (κ2) is 4.36. The Hall–Kier alpha value is -2.17. The molecule has 0 N–H and O–H groups in total. The van der Waals surface area contributed by atoms with Crippen LogP contribution in [0.25, 0.3) is 0 Å². The van der Waals surface area contributed by atoms with Gasteiger partial charge in [-0.25, -0.2) is 0 Å². The summed E-state index contributed by atoms with van der Waals surface area (Å²) >= 11 is 0. The zero-order chi connectivity index (χ0) is 10.5. The van der Waals surface area contributed by atoms with E-state index in [1.165, 1.54) is 0 Å². The fraction of sp³-hybridized carbons (Fsp3) is 0.100. The first-order valence-corrected chi connectivity index (χ1v) is 4.35. The largest absolute Gasteiger partial charge is 0.422 e. The van der Waals surface area contributed by atoms with Crippen LogP contribution in [0.1, 0.15) is 11.5 Å². The average Bonchev–Trinajstić information content (AvgIpc) is 2.68. The number of aromatic nitrogens is 2. The predicted octanol–water partition coefficient (Wildman–Crippen LogP) is 1.20. The summed E-state index contributed by atoms with van der Waals surface area (Å²) in [6, 6.07) is 9.68. The van der Waals surface area contributed by atoms with E-state index in [1.54, 1.807) is 0 Å². The normalized spacial score (nSPS) is 9.87. The number of ether oxygens (including phenoxy) is 1. The van der Waals surface area contributed by atoms with E-state index >= 15 is 0 Å². The van der Waals surface area contributed by atoms with Crippen molar-refractivity contribution in [2.24, 2.45) is 0 Å². The van der Waals surface area contributed by atoms with E-state index in [0.29, 0.717) is 12.3 Å². The molecule has 0 fully saturated rings. The lowest BCUT2D eigenvalue weighted by atomic mass is 10.2. The third-order valence-electron chi connectivity index (χ3n) is 1.80. The molecule has 0 unspecified atom stereocenters. The zero-order valence-electron chi connectivity index (χ0n) is 7.79. The molecule has 1 heterocycles. The van der Waals surface area contributed by atoms with Gasteiger partial charge in [-0.2, -0.15) is 0 Å². The van der Waals surface area contributed by atoms with E-state index in [9.17, 15) is 4.79 Å². The summed E-state index contributed by atoms with van der Waals surface area (Å²) in [7, 11) is 0. The molecule has 5 nitrogen and oxygen atoms in total. The molecule has 15 heavy (non-hydrogen) atoms. The smallest absolute Gasteiger partial charge is 0.393 e. The highest BCUT2D eigenvalue weighted by molar-refractivity contribution is 5.40. The van der Waals surface area contributed by atoms with Gasteiger partial charge in [-0.05, 0) is 5.56 Å². The Morgan fingerprint density at radius 3 is 2.80 bits per heavy atom. The van der Waals surface area contributed by atoms with Gasteiger partial charge in [0.2, 0.25) is 5.89 Å². The molecule has 1 aromatic heterocycles. The Kier molecular flexibility index (Phi) is 2.73. The highest BCUT2D eigenvalue weighted by Crippen LogP contribution is 2.11. The SMILES string of the molecule is O=COc1nnc(Cc2ccccc2)o1.